The van der Waals surface area contributed by atoms with Gasteiger partial charge in [0, 0.05) is 31.7 Å². The molecule has 2 aromatic carbocycles. The molecule has 2 aliphatic heterocycles. The summed E-state index contributed by atoms with van der Waals surface area (Å²) in [5.74, 6) is 0.113. The van der Waals surface area contributed by atoms with E-state index in [9.17, 15) is 18.0 Å². The number of carbonyl (C=O) groups is 2. The highest BCUT2D eigenvalue weighted by Crippen LogP contribution is 2.29. The lowest BCUT2D eigenvalue weighted by molar-refractivity contribution is -0.126. The summed E-state index contributed by atoms with van der Waals surface area (Å²) in [4.78, 5) is 24.8. The molecule has 33 heavy (non-hydrogen) atoms. The summed E-state index contributed by atoms with van der Waals surface area (Å²) in [7, 11) is -2.15. The van der Waals surface area contributed by atoms with Crippen LogP contribution in [-0.4, -0.2) is 44.7 Å². The third-order valence-corrected chi connectivity index (χ3v) is 8.06. The number of anilines is 1. The maximum atomic E-state index is 13.3. The van der Waals surface area contributed by atoms with Gasteiger partial charge in [-0.3, -0.25) is 9.59 Å². The van der Waals surface area contributed by atoms with Gasteiger partial charge in [0.1, 0.15) is 5.75 Å². The molecule has 2 amide bonds. The van der Waals surface area contributed by atoms with E-state index in [0.29, 0.717) is 50.9 Å². The van der Waals surface area contributed by atoms with Gasteiger partial charge in [-0.2, -0.15) is 4.31 Å². The van der Waals surface area contributed by atoms with Crippen LogP contribution in [-0.2, 0) is 32.6 Å². The van der Waals surface area contributed by atoms with Crippen LogP contribution >= 0.6 is 0 Å². The lowest BCUT2D eigenvalue weighted by atomic mass is 9.99. The maximum Gasteiger partial charge on any atom is 0.243 e. The molecule has 176 valence electrons. The Balaban J connectivity index is 1.43. The fourth-order valence-corrected chi connectivity index (χ4v) is 5.93. The van der Waals surface area contributed by atoms with Gasteiger partial charge >= 0.3 is 0 Å². The largest absolute Gasteiger partial charge is 0.497 e. The third kappa shape index (κ3) is 5.36. The average molecular weight is 472 g/mol. The Morgan fingerprint density at radius 3 is 2.85 bits per heavy atom. The summed E-state index contributed by atoms with van der Waals surface area (Å²) in [5, 5.41) is 5.76. The number of sulfonamides is 1. The molecule has 0 saturated carbocycles. The molecule has 0 aromatic heterocycles. The highest BCUT2D eigenvalue weighted by Gasteiger charge is 2.33. The molecule has 1 atom stereocenters. The summed E-state index contributed by atoms with van der Waals surface area (Å²) >= 11 is 0. The Morgan fingerprint density at radius 1 is 1.18 bits per heavy atom. The van der Waals surface area contributed by atoms with Crippen molar-refractivity contribution < 1.29 is 22.7 Å². The molecule has 8 nitrogen and oxygen atoms in total. The molecule has 0 bridgehead atoms. The SMILES string of the molecule is COc1cccc(CNC(=O)[C@@H]2CCCN(S(=O)(=O)c3ccc4c(c3)CCCC(=O)N4)C2)c1. The lowest BCUT2D eigenvalue weighted by Gasteiger charge is -2.31. The van der Waals surface area contributed by atoms with Crippen LogP contribution in [0.4, 0.5) is 5.69 Å². The smallest absolute Gasteiger partial charge is 0.243 e. The molecule has 0 unspecified atom stereocenters. The van der Waals surface area contributed by atoms with Crippen molar-refractivity contribution in [1.82, 2.24) is 9.62 Å². The topological polar surface area (TPSA) is 105 Å². The standard InChI is InChI=1S/C24H29N3O5S/c1-32-20-8-2-5-17(13-20)15-25-24(29)19-7-4-12-27(16-19)33(30,31)21-10-11-22-18(14-21)6-3-9-23(28)26-22/h2,5,8,10-11,13-14,19H,3-4,6-7,9,12,15-16H2,1H3,(H,25,29)(H,26,28)/t19-/m1/s1. The van der Waals surface area contributed by atoms with Gasteiger partial charge in [0.05, 0.1) is 17.9 Å². The Bertz CT molecular complexity index is 1150. The van der Waals surface area contributed by atoms with E-state index in [4.69, 9.17) is 4.74 Å². The molecule has 0 radical (unpaired) electrons. The number of fused-ring (bicyclic) bond motifs is 1. The van der Waals surface area contributed by atoms with E-state index in [0.717, 1.165) is 16.9 Å². The third-order valence-electron chi connectivity index (χ3n) is 6.19. The number of methoxy groups -OCH3 is 1. The number of piperidine rings is 1. The van der Waals surface area contributed by atoms with E-state index >= 15 is 0 Å². The zero-order valence-corrected chi connectivity index (χ0v) is 19.5. The highest BCUT2D eigenvalue weighted by molar-refractivity contribution is 7.89. The lowest BCUT2D eigenvalue weighted by Crippen LogP contribution is -2.45. The predicted octanol–water partition coefficient (Wildman–Crippen LogP) is 2.69. The Kier molecular flexibility index (Phi) is 6.99. The van der Waals surface area contributed by atoms with Gasteiger partial charge in [-0.05, 0) is 67.1 Å². The Hall–Kier alpha value is -2.91. The average Bonchev–Trinajstić information content (AvgIpc) is 3.02. The summed E-state index contributed by atoms with van der Waals surface area (Å²) in [6.07, 6.45) is 3.02. The summed E-state index contributed by atoms with van der Waals surface area (Å²) in [5.41, 5.74) is 2.41. The first-order valence-corrected chi connectivity index (χ1v) is 12.6. The van der Waals surface area contributed by atoms with Crippen LogP contribution in [0.25, 0.3) is 0 Å². The first-order chi connectivity index (χ1) is 15.9. The zero-order chi connectivity index (χ0) is 23.4. The minimum Gasteiger partial charge on any atom is -0.497 e. The molecule has 9 heteroatoms. The normalized spacial score (nSPS) is 19.2. The number of hydrogen-bond acceptors (Lipinski definition) is 5. The molecule has 2 heterocycles. The quantitative estimate of drug-likeness (QED) is 0.674. The second kappa shape index (κ2) is 9.93. The van der Waals surface area contributed by atoms with Crippen molar-refractivity contribution in [2.45, 2.75) is 43.5 Å². The van der Waals surface area contributed by atoms with Gasteiger partial charge in [-0.25, -0.2) is 8.42 Å². The van der Waals surface area contributed by atoms with Crippen molar-refractivity contribution in [2.75, 3.05) is 25.5 Å². The fraction of sp³-hybridized carbons (Fsp3) is 0.417. The van der Waals surface area contributed by atoms with Gasteiger partial charge in [0.15, 0.2) is 0 Å². The fourth-order valence-electron chi connectivity index (χ4n) is 4.35. The first-order valence-electron chi connectivity index (χ1n) is 11.2. The predicted molar refractivity (Wildman–Crippen MR) is 124 cm³/mol. The molecular weight excluding hydrogens is 442 g/mol. The number of rotatable bonds is 6. The first kappa shape index (κ1) is 23.3. The molecular formula is C24H29N3O5S. The zero-order valence-electron chi connectivity index (χ0n) is 18.7. The van der Waals surface area contributed by atoms with Crippen LogP contribution in [0.2, 0.25) is 0 Å². The molecule has 1 fully saturated rings. The van der Waals surface area contributed by atoms with E-state index in [2.05, 4.69) is 10.6 Å². The Morgan fingerprint density at radius 2 is 2.03 bits per heavy atom. The number of amides is 2. The van der Waals surface area contributed by atoms with E-state index in [1.807, 2.05) is 24.3 Å². The van der Waals surface area contributed by atoms with E-state index in [-0.39, 0.29) is 23.3 Å². The van der Waals surface area contributed by atoms with Crippen molar-refractivity contribution in [2.24, 2.45) is 5.92 Å². The summed E-state index contributed by atoms with van der Waals surface area (Å²) in [6.45, 7) is 0.895. The van der Waals surface area contributed by atoms with Crippen molar-refractivity contribution in [1.29, 1.82) is 0 Å². The van der Waals surface area contributed by atoms with Gasteiger partial charge < -0.3 is 15.4 Å². The van der Waals surface area contributed by atoms with E-state index < -0.39 is 15.9 Å². The molecule has 0 aliphatic carbocycles. The minimum atomic E-state index is -3.74. The number of nitrogens with zero attached hydrogens (tertiary/aromatic N) is 1. The number of aryl methyl sites for hydroxylation is 1. The molecule has 2 aliphatic rings. The van der Waals surface area contributed by atoms with Gasteiger partial charge in [-0.15, -0.1) is 0 Å². The van der Waals surface area contributed by atoms with Gasteiger partial charge in [0.25, 0.3) is 0 Å². The van der Waals surface area contributed by atoms with Crippen LogP contribution in [0.3, 0.4) is 0 Å². The van der Waals surface area contributed by atoms with Crippen molar-refractivity contribution in [3.8, 4) is 5.75 Å². The number of hydrogen-bond donors (Lipinski definition) is 2. The van der Waals surface area contributed by atoms with E-state index in [1.165, 1.54) is 10.4 Å². The van der Waals surface area contributed by atoms with E-state index in [1.54, 1.807) is 19.2 Å². The van der Waals surface area contributed by atoms with Crippen LogP contribution < -0.4 is 15.4 Å². The Labute approximate surface area is 194 Å². The molecule has 0 spiro atoms. The van der Waals surface area contributed by atoms with Gasteiger partial charge in [0.2, 0.25) is 21.8 Å². The molecule has 4 rings (SSSR count). The number of benzene rings is 2. The summed E-state index contributed by atoms with van der Waals surface area (Å²) < 4.78 is 33.3. The number of ether oxygens (including phenoxy) is 1. The van der Waals surface area contributed by atoms with Gasteiger partial charge in [-0.1, -0.05) is 12.1 Å². The van der Waals surface area contributed by atoms with Crippen LogP contribution in [0.5, 0.6) is 5.75 Å². The monoisotopic (exact) mass is 471 g/mol. The maximum absolute atomic E-state index is 13.3. The van der Waals surface area contributed by atoms with Crippen LogP contribution in [0.1, 0.15) is 36.8 Å². The second-order valence-corrected chi connectivity index (χ2v) is 10.4. The van der Waals surface area contributed by atoms with Crippen molar-refractivity contribution in [3.63, 3.8) is 0 Å². The number of nitrogens with one attached hydrogen (secondary N) is 2. The molecule has 2 N–H and O–H groups in total. The molecule has 1 saturated heterocycles. The minimum absolute atomic E-state index is 0.0526. The number of carbonyl (C=O) groups excluding carboxylic acids is 2. The highest BCUT2D eigenvalue weighted by atomic mass is 32.2. The second-order valence-electron chi connectivity index (χ2n) is 8.49. The van der Waals surface area contributed by atoms with Crippen molar-refractivity contribution in [3.05, 3.63) is 53.6 Å². The summed E-state index contributed by atoms with van der Waals surface area (Å²) in [6, 6.07) is 12.3. The molecule has 2 aromatic rings. The van der Waals surface area contributed by atoms with Crippen LogP contribution in [0, 0.1) is 5.92 Å². The van der Waals surface area contributed by atoms with Crippen LogP contribution in [0.15, 0.2) is 47.4 Å². The van der Waals surface area contributed by atoms with Crippen molar-refractivity contribution >= 4 is 27.5 Å².